The molecule has 0 saturated heterocycles. The van der Waals surface area contributed by atoms with Crippen LogP contribution in [0, 0.1) is 0 Å². The minimum atomic E-state index is -1.07. The molecule has 0 spiro atoms. The molecule has 0 unspecified atom stereocenters. The highest BCUT2D eigenvalue weighted by molar-refractivity contribution is 6.08. The molecule has 0 amide bonds. The van der Waals surface area contributed by atoms with Crippen LogP contribution >= 0.6 is 0 Å². The average Bonchev–Trinajstić information content (AvgIpc) is 2.69. The maximum Gasteiger partial charge on any atom is 0.239 e. The van der Waals surface area contributed by atoms with Crippen LogP contribution in [0.15, 0.2) is 47.5 Å². The van der Waals surface area contributed by atoms with Gasteiger partial charge in [0.1, 0.15) is 5.71 Å². The van der Waals surface area contributed by atoms with Gasteiger partial charge >= 0.3 is 0 Å². The third kappa shape index (κ3) is 2.90. The van der Waals surface area contributed by atoms with Gasteiger partial charge in [0.05, 0.1) is 14.2 Å². The average molecular weight is 341 g/mol. The first-order chi connectivity index (χ1) is 12.2. The van der Waals surface area contributed by atoms with Crippen molar-refractivity contribution in [2.75, 3.05) is 35.0 Å². The molecule has 1 heterocycles. The Morgan fingerprint density at radius 1 is 0.880 bits per heavy atom. The Kier molecular flexibility index (Phi) is 5.06. The molecule has 1 aliphatic rings. The normalized spacial score (nSPS) is 13.8. The van der Waals surface area contributed by atoms with Crippen molar-refractivity contribution in [3.8, 4) is 11.5 Å². The highest BCUT2D eigenvalue weighted by Crippen LogP contribution is 2.38. The molecule has 3 rings (SSSR count). The number of hydrogen-bond acceptors (Lipinski definition) is 5. The summed E-state index contributed by atoms with van der Waals surface area (Å²) in [4.78, 5) is 4.76. The van der Waals surface area contributed by atoms with Crippen molar-refractivity contribution in [1.82, 2.24) is 0 Å². The summed E-state index contributed by atoms with van der Waals surface area (Å²) in [6.07, 6.45) is 0.831. The van der Waals surface area contributed by atoms with Crippen LogP contribution in [0.1, 0.15) is 16.7 Å². The van der Waals surface area contributed by atoms with Crippen LogP contribution in [-0.2, 0) is 21.7 Å². The van der Waals surface area contributed by atoms with Crippen molar-refractivity contribution in [2.24, 2.45) is 4.99 Å². The summed E-state index contributed by atoms with van der Waals surface area (Å²) in [6.45, 7) is 0.666. The molecule has 5 nitrogen and oxygen atoms in total. The summed E-state index contributed by atoms with van der Waals surface area (Å²) in [6, 6.07) is 13.8. The highest BCUT2D eigenvalue weighted by Gasteiger charge is 2.41. The highest BCUT2D eigenvalue weighted by atomic mass is 16.7. The Morgan fingerprint density at radius 3 is 2.12 bits per heavy atom. The van der Waals surface area contributed by atoms with Gasteiger partial charge in [-0.25, -0.2) is 0 Å². The summed E-state index contributed by atoms with van der Waals surface area (Å²) in [5.74, 6) is 0.295. The van der Waals surface area contributed by atoms with Gasteiger partial charge < -0.3 is 18.9 Å². The Labute approximate surface area is 148 Å². The fraction of sp³-hybridized carbons (Fsp3) is 0.350. The quantitative estimate of drug-likeness (QED) is 0.757. The van der Waals surface area contributed by atoms with E-state index in [1.54, 1.807) is 28.4 Å². The Hall–Kier alpha value is -2.37. The number of nitrogens with zero attached hydrogens (tertiary/aromatic N) is 1. The van der Waals surface area contributed by atoms with E-state index in [0.29, 0.717) is 18.0 Å². The summed E-state index contributed by atoms with van der Waals surface area (Å²) in [5, 5.41) is 0. The molecule has 1 aliphatic heterocycles. The van der Waals surface area contributed by atoms with Gasteiger partial charge in [-0.3, -0.25) is 4.99 Å². The number of methoxy groups -OCH3 is 4. The molecular weight excluding hydrogens is 318 g/mol. The second-order valence-corrected chi connectivity index (χ2v) is 5.74. The molecule has 0 atom stereocenters. The Balaban J connectivity index is 2.19. The monoisotopic (exact) mass is 341 g/mol. The van der Waals surface area contributed by atoms with E-state index in [4.69, 9.17) is 23.9 Å². The van der Waals surface area contributed by atoms with Crippen LogP contribution in [0.4, 0.5) is 0 Å². The second-order valence-electron chi connectivity index (χ2n) is 5.74. The molecule has 0 aromatic heterocycles. The zero-order valence-electron chi connectivity index (χ0n) is 15.0. The summed E-state index contributed by atoms with van der Waals surface area (Å²) < 4.78 is 22.7. The lowest BCUT2D eigenvalue weighted by atomic mass is 9.88. The van der Waals surface area contributed by atoms with Gasteiger partial charge in [-0.15, -0.1) is 0 Å². The summed E-state index contributed by atoms with van der Waals surface area (Å²) in [5.41, 5.74) is 3.72. The van der Waals surface area contributed by atoms with E-state index in [1.807, 2.05) is 42.5 Å². The summed E-state index contributed by atoms with van der Waals surface area (Å²) in [7, 11) is 6.53. The van der Waals surface area contributed by atoms with Gasteiger partial charge in [-0.1, -0.05) is 30.3 Å². The minimum Gasteiger partial charge on any atom is -0.493 e. The van der Waals surface area contributed by atoms with Crippen LogP contribution in [0.25, 0.3) is 0 Å². The lowest BCUT2D eigenvalue weighted by Gasteiger charge is -2.35. The zero-order valence-corrected chi connectivity index (χ0v) is 15.0. The van der Waals surface area contributed by atoms with Crippen LogP contribution in [-0.4, -0.2) is 40.7 Å². The lowest BCUT2D eigenvalue weighted by Crippen LogP contribution is -2.42. The Morgan fingerprint density at radius 2 is 1.52 bits per heavy atom. The van der Waals surface area contributed by atoms with Gasteiger partial charge in [0.25, 0.3) is 0 Å². The molecule has 0 bridgehead atoms. The Bertz CT molecular complexity index is 767. The molecular formula is C20H23NO4. The number of fused-ring (bicyclic) bond motifs is 1. The summed E-state index contributed by atoms with van der Waals surface area (Å²) >= 11 is 0. The third-order valence-electron chi connectivity index (χ3n) is 4.56. The first-order valence-corrected chi connectivity index (χ1v) is 8.16. The predicted molar refractivity (Wildman–Crippen MR) is 96.8 cm³/mol. The van der Waals surface area contributed by atoms with E-state index in [1.165, 1.54) is 0 Å². The van der Waals surface area contributed by atoms with Gasteiger partial charge in [-0.05, 0) is 24.1 Å². The van der Waals surface area contributed by atoms with Crippen molar-refractivity contribution in [3.05, 3.63) is 59.2 Å². The van der Waals surface area contributed by atoms with Crippen molar-refractivity contribution in [1.29, 1.82) is 0 Å². The van der Waals surface area contributed by atoms with Crippen LogP contribution < -0.4 is 9.47 Å². The standard InChI is InChI=1S/C20H23NO4/c1-22-17-12-14-10-11-21-19(16(14)13-18(17)23-2)20(24-3,25-4)15-8-6-5-7-9-15/h5-9,12-13H,10-11H2,1-4H3. The van der Waals surface area contributed by atoms with Crippen LogP contribution in [0.5, 0.6) is 11.5 Å². The maximum atomic E-state index is 5.87. The number of hydrogen-bond donors (Lipinski definition) is 0. The second kappa shape index (κ2) is 7.25. The van der Waals surface area contributed by atoms with E-state index < -0.39 is 5.79 Å². The number of rotatable bonds is 6. The molecule has 2 aromatic carbocycles. The molecule has 0 N–H and O–H groups in total. The smallest absolute Gasteiger partial charge is 0.239 e. The molecule has 132 valence electrons. The topological polar surface area (TPSA) is 49.3 Å². The van der Waals surface area contributed by atoms with Gasteiger partial charge in [0.15, 0.2) is 11.5 Å². The van der Waals surface area contributed by atoms with E-state index in [0.717, 1.165) is 28.8 Å². The fourth-order valence-corrected chi connectivity index (χ4v) is 3.31. The zero-order chi connectivity index (χ0) is 17.9. The largest absolute Gasteiger partial charge is 0.493 e. The third-order valence-corrected chi connectivity index (χ3v) is 4.56. The fourth-order valence-electron chi connectivity index (χ4n) is 3.31. The maximum absolute atomic E-state index is 5.87. The first-order valence-electron chi connectivity index (χ1n) is 8.16. The van der Waals surface area contributed by atoms with Crippen molar-refractivity contribution in [3.63, 3.8) is 0 Å². The SMILES string of the molecule is COc1cc2c(cc1OC)C(C(OC)(OC)c1ccccc1)=NCC2. The van der Waals surface area contributed by atoms with Gasteiger partial charge in [0, 0.05) is 31.9 Å². The molecule has 25 heavy (non-hydrogen) atoms. The van der Waals surface area contributed by atoms with E-state index in [2.05, 4.69) is 0 Å². The van der Waals surface area contributed by atoms with E-state index in [9.17, 15) is 0 Å². The molecule has 2 aromatic rings. The molecule has 0 aliphatic carbocycles. The number of aliphatic imine (C=N–C) groups is 1. The number of ether oxygens (including phenoxy) is 4. The number of benzene rings is 2. The van der Waals surface area contributed by atoms with E-state index in [-0.39, 0.29) is 0 Å². The van der Waals surface area contributed by atoms with E-state index >= 15 is 0 Å². The first kappa shape index (κ1) is 17.5. The molecule has 0 radical (unpaired) electrons. The van der Waals surface area contributed by atoms with Crippen LogP contribution in [0.3, 0.4) is 0 Å². The molecule has 0 fully saturated rings. The molecule has 5 heteroatoms. The van der Waals surface area contributed by atoms with Gasteiger partial charge in [0.2, 0.25) is 5.79 Å². The van der Waals surface area contributed by atoms with Gasteiger partial charge in [-0.2, -0.15) is 0 Å². The lowest BCUT2D eigenvalue weighted by molar-refractivity contribution is -0.160. The van der Waals surface area contributed by atoms with Crippen LogP contribution in [0.2, 0.25) is 0 Å². The van der Waals surface area contributed by atoms with Crippen molar-refractivity contribution < 1.29 is 18.9 Å². The predicted octanol–water partition coefficient (Wildman–Crippen LogP) is 3.19. The minimum absolute atomic E-state index is 0.657. The van der Waals surface area contributed by atoms with Crippen molar-refractivity contribution in [2.45, 2.75) is 12.2 Å². The molecule has 0 saturated carbocycles. The van der Waals surface area contributed by atoms with Crippen molar-refractivity contribution >= 4 is 5.71 Å².